The molecule has 0 bridgehead atoms. The summed E-state index contributed by atoms with van der Waals surface area (Å²) in [7, 11) is 1.62. The van der Waals surface area contributed by atoms with Crippen molar-refractivity contribution < 1.29 is 9.53 Å². The van der Waals surface area contributed by atoms with Crippen LogP contribution in [-0.2, 0) is 11.2 Å². The Hall–Kier alpha value is -1.16. The maximum atomic E-state index is 11.8. The molecular formula is C16H14I2N2O2. The third-order valence-electron chi connectivity index (χ3n) is 2.84. The molecule has 0 heterocycles. The normalized spacial score (nSPS) is 10.7. The summed E-state index contributed by atoms with van der Waals surface area (Å²) in [5, 5.41) is 4.02. The number of hydrogen-bond acceptors (Lipinski definition) is 3. The van der Waals surface area contributed by atoms with Crippen LogP contribution in [-0.4, -0.2) is 19.2 Å². The number of carbonyl (C=O) groups excluding carboxylic acids is 1. The van der Waals surface area contributed by atoms with E-state index in [9.17, 15) is 4.79 Å². The zero-order valence-electron chi connectivity index (χ0n) is 11.8. The van der Waals surface area contributed by atoms with E-state index in [0.29, 0.717) is 6.42 Å². The molecule has 0 atom stereocenters. The molecular weight excluding hydrogens is 506 g/mol. The van der Waals surface area contributed by atoms with E-state index in [1.54, 1.807) is 13.3 Å². The lowest BCUT2D eigenvalue weighted by molar-refractivity contribution is -0.120. The minimum atomic E-state index is -0.151. The van der Waals surface area contributed by atoms with Gasteiger partial charge in [-0.3, -0.25) is 4.79 Å². The van der Waals surface area contributed by atoms with Gasteiger partial charge in [0.25, 0.3) is 0 Å². The molecule has 0 saturated heterocycles. The van der Waals surface area contributed by atoms with Crippen molar-refractivity contribution in [1.82, 2.24) is 5.43 Å². The number of nitrogens with one attached hydrogen (secondary N) is 1. The average molecular weight is 520 g/mol. The van der Waals surface area contributed by atoms with Crippen molar-refractivity contribution in [3.8, 4) is 5.75 Å². The number of hydrogen-bond donors (Lipinski definition) is 1. The van der Waals surface area contributed by atoms with Gasteiger partial charge in [-0.1, -0.05) is 30.3 Å². The van der Waals surface area contributed by atoms with E-state index in [4.69, 9.17) is 4.74 Å². The highest BCUT2D eigenvalue weighted by molar-refractivity contribution is 14.1. The largest absolute Gasteiger partial charge is 0.495 e. The second-order valence-corrected chi connectivity index (χ2v) is 6.87. The minimum absolute atomic E-state index is 0.151. The quantitative estimate of drug-likeness (QED) is 0.373. The van der Waals surface area contributed by atoms with Crippen LogP contribution in [0.4, 0.5) is 0 Å². The molecule has 0 unspecified atom stereocenters. The number of hydrazone groups is 1. The number of methoxy groups -OCH3 is 1. The Labute approximate surface area is 156 Å². The third kappa shape index (κ3) is 4.94. The van der Waals surface area contributed by atoms with Crippen LogP contribution in [0.5, 0.6) is 5.75 Å². The van der Waals surface area contributed by atoms with Crippen LogP contribution in [0.25, 0.3) is 0 Å². The van der Waals surface area contributed by atoms with Crippen LogP contribution in [0.3, 0.4) is 0 Å². The van der Waals surface area contributed by atoms with Crippen molar-refractivity contribution in [2.45, 2.75) is 6.42 Å². The molecule has 22 heavy (non-hydrogen) atoms. The molecule has 2 aromatic rings. The Kier molecular flexibility index (Phi) is 6.62. The van der Waals surface area contributed by atoms with Gasteiger partial charge in [-0.2, -0.15) is 5.10 Å². The lowest BCUT2D eigenvalue weighted by Crippen LogP contribution is -2.19. The van der Waals surface area contributed by atoms with E-state index in [1.165, 1.54) is 0 Å². The van der Waals surface area contributed by atoms with Gasteiger partial charge >= 0.3 is 0 Å². The first-order valence-corrected chi connectivity index (χ1v) is 8.64. The third-order valence-corrected chi connectivity index (χ3v) is 4.27. The van der Waals surface area contributed by atoms with Crippen LogP contribution in [0.1, 0.15) is 11.1 Å². The van der Waals surface area contributed by atoms with E-state index < -0.39 is 0 Å². The molecule has 0 aliphatic carbocycles. The van der Waals surface area contributed by atoms with E-state index >= 15 is 0 Å². The van der Waals surface area contributed by atoms with Gasteiger partial charge in [0.2, 0.25) is 5.91 Å². The van der Waals surface area contributed by atoms with Crippen molar-refractivity contribution in [3.63, 3.8) is 0 Å². The molecule has 4 nitrogen and oxygen atoms in total. The number of amides is 1. The molecule has 0 spiro atoms. The Morgan fingerprint density at radius 1 is 1.27 bits per heavy atom. The number of carbonyl (C=O) groups is 1. The van der Waals surface area contributed by atoms with Gasteiger partial charge in [0.1, 0.15) is 5.75 Å². The zero-order valence-corrected chi connectivity index (χ0v) is 16.2. The van der Waals surface area contributed by atoms with Crippen molar-refractivity contribution in [1.29, 1.82) is 0 Å². The number of halogens is 2. The monoisotopic (exact) mass is 520 g/mol. The Morgan fingerprint density at radius 2 is 2.00 bits per heavy atom. The standard InChI is InChI=1S/C16H14I2N2O2/c1-22-16-12(8-13(17)9-14(16)18)10-19-20-15(21)7-11-5-3-2-4-6-11/h2-6,8-10H,7H2,1H3,(H,20,21)/b19-10+. The molecule has 2 aromatic carbocycles. The van der Waals surface area contributed by atoms with Crippen LogP contribution < -0.4 is 10.2 Å². The summed E-state index contributed by atoms with van der Waals surface area (Å²) >= 11 is 4.45. The minimum Gasteiger partial charge on any atom is -0.495 e. The molecule has 0 aromatic heterocycles. The number of ether oxygens (including phenoxy) is 1. The smallest absolute Gasteiger partial charge is 0.244 e. The van der Waals surface area contributed by atoms with Gasteiger partial charge in [0.15, 0.2) is 0 Å². The summed E-state index contributed by atoms with van der Waals surface area (Å²) in [6.45, 7) is 0. The van der Waals surface area contributed by atoms with Gasteiger partial charge < -0.3 is 4.74 Å². The number of nitrogens with zero attached hydrogens (tertiary/aromatic N) is 1. The second kappa shape index (κ2) is 8.47. The Balaban J connectivity index is 2.02. The maximum Gasteiger partial charge on any atom is 0.244 e. The SMILES string of the molecule is COc1c(I)cc(I)cc1/C=N/NC(=O)Cc1ccccc1. The molecule has 114 valence electrons. The Bertz CT molecular complexity index is 688. The Morgan fingerprint density at radius 3 is 2.68 bits per heavy atom. The van der Waals surface area contributed by atoms with Crippen molar-refractivity contribution >= 4 is 57.3 Å². The fourth-order valence-corrected chi connectivity index (χ4v) is 4.00. The second-order valence-electron chi connectivity index (χ2n) is 4.47. The van der Waals surface area contributed by atoms with Gasteiger partial charge in [-0.25, -0.2) is 5.43 Å². The molecule has 0 aliphatic rings. The van der Waals surface area contributed by atoms with Crippen LogP contribution in [0, 0.1) is 7.14 Å². The summed E-state index contributed by atoms with van der Waals surface area (Å²) in [5.74, 6) is 0.601. The molecule has 0 radical (unpaired) electrons. The molecule has 6 heteroatoms. The summed E-state index contributed by atoms with van der Waals surface area (Å²) in [6.07, 6.45) is 1.91. The highest BCUT2D eigenvalue weighted by atomic mass is 127. The van der Waals surface area contributed by atoms with Crippen LogP contribution in [0.2, 0.25) is 0 Å². The predicted octanol–water partition coefficient (Wildman–Crippen LogP) is 3.60. The lowest BCUT2D eigenvalue weighted by Gasteiger charge is -2.07. The zero-order chi connectivity index (χ0) is 15.9. The molecule has 0 fully saturated rings. The summed E-state index contributed by atoms with van der Waals surface area (Å²) in [4.78, 5) is 11.8. The van der Waals surface area contributed by atoms with Crippen LogP contribution in [0.15, 0.2) is 47.6 Å². The molecule has 0 aliphatic heterocycles. The van der Waals surface area contributed by atoms with Gasteiger partial charge in [0.05, 0.1) is 23.3 Å². The first-order chi connectivity index (χ1) is 10.6. The molecule has 0 saturated carbocycles. The summed E-state index contributed by atoms with van der Waals surface area (Å²) in [6, 6.07) is 13.5. The highest BCUT2D eigenvalue weighted by Crippen LogP contribution is 2.26. The van der Waals surface area contributed by atoms with Gasteiger partial charge in [-0.15, -0.1) is 0 Å². The number of rotatable bonds is 5. The van der Waals surface area contributed by atoms with Crippen molar-refractivity contribution in [2.24, 2.45) is 5.10 Å². The highest BCUT2D eigenvalue weighted by Gasteiger charge is 2.07. The first-order valence-electron chi connectivity index (χ1n) is 6.49. The van der Waals surface area contributed by atoms with Crippen LogP contribution >= 0.6 is 45.2 Å². The van der Waals surface area contributed by atoms with Gasteiger partial charge in [-0.05, 0) is 62.9 Å². The summed E-state index contributed by atoms with van der Waals surface area (Å²) < 4.78 is 7.46. The van der Waals surface area contributed by atoms with Crippen molar-refractivity contribution in [2.75, 3.05) is 7.11 Å². The molecule has 1 N–H and O–H groups in total. The van der Waals surface area contributed by atoms with E-state index in [1.807, 2.05) is 42.5 Å². The number of benzene rings is 2. The predicted molar refractivity (Wildman–Crippen MR) is 104 cm³/mol. The molecule has 1 amide bonds. The lowest BCUT2D eigenvalue weighted by atomic mass is 10.1. The topological polar surface area (TPSA) is 50.7 Å². The van der Waals surface area contributed by atoms with E-state index in [-0.39, 0.29) is 5.91 Å². The first kappa shape index (κ1) is 17.2. The van der Waals surface area contributed by atoms with Crippen molar-refractivity contribution in [3.05, 3.63) is 60.7 Å². The summed E-state index contributed by atoms with van der Waals surface area (Å²) in [5.41, 5.74) is 4.33. The van der Waals surface area contributed by atoms with Gasteiger partial charge in [0, 0.05) is 9.13 Å². The maximum absolute atomic E-state index is 11.8. The van der Waals surface area contributed by atoms with E-state index in [0.717, 1.165) is 24.0 Å². The fraction of sp³-hybridized carbons (Fsp3) is 0.125. The average Bonchev–Trinajstić information content (AvgIpc) is 2.48. The molecule has 2 rings (SSSR count). The fourth-order valence-electron chi connectivity index (χ4n) is 1.89. The van der Waals surface area contributed by atoms with E-state index in [2.05, 4.69) is 55.7 Å².